The Morgan fingerprint density at radius 1 is 1.50 bits per heavy atom. The molecule has 3 nitrogen and oxygen atoms in total. The minimum Gasteiger partial charge on any atom is -0.468 e. The van der Waals surface area contributed by atoms with E-state index < -0.39 is 6.04 Å². The number of hydrogen-bond acceptors (Lipinski definition) is 3. The third-order valence-corrected chi connectivity index (χ3v) is 3.14. The molecule has 1 rings (SSSR count). The van der Waals surface area contributed by atoms with Crippen LogP contribution in [0.5, 0.6) is 0 Å². The predicted octanol–water partition coefficient (Wildman–Crippen LogP) is 2.88. The monoisotopic (exact) mass is 317 g/mol. The summed E-state index contributed by atoms with van der Waals surface area (Å²) in [4.78, 5) is 11.5. The second-order valence-electron chi connectivity index (χ2n) is 4.36. The van der Waals surface area contributed by atoms with Gasteiger partial charge in [-0.1, -0.05) is 29.8 Å². The van der Waals surface area contributed by atoms with Crippen molar-refractivity contribution in [3.63, 3.8) is 0 Å². The number of hydrogen-bond donors (Lipinski definition) is 1. The second-order valence-corrected chi connectivity index (χ2v) is 5.28. The average Bonchev–Trinajstić information content (AvgIpc) is 2.32. The van der Waals surface area contributed by atoms with Gasteiger partial charge in [0.25, 0.3) is 0 Å². The van der Waals surface area contributed by atoms with E-state index in [2.05, 4.69) is 21.2 Å². The minimum atomic E-state index is -0.437. The molecule has 1 aromatic carbocycles. The molecular weight excluding hydrogens is 301 g/mol. The van der Waals surface area contributed by atoms with Gasteiger partial charge in [-0.25, -0.2) is 4.39 Å². The highest BCUT2D eigenvalue weighted by molar-refractivity contribution is 9.10. The molecule has 0 aliphatic rings. The van der Waals surface area contributed by atoms with E-state index in [4.69, 9.17) is 4.74 Å². The largest absolute Gasteiger partial charge is 0.468 e. The van der Waals surface area contributed by atoms with Crippen molar-refractivity contribution < 1.29 is 13.9 Å². The third kappa shape index (κ3) is 4.07. The molecule has 0 aliphatic heterocycles. The Bertz CT molecular complexity index is 423. The van der Waals surface area contributed by atoms with E-state index in [0.29, 0.717) is 5.56 Å². The van der Waals surface area contributed by atoms with E-state index >= 15 is 0 Å². The number of nitrogens with one attached hydrogen (secondary N) is 1. The van der Waals surface area contributed by atoms with Crippen molar-refractivity contribution >= 4 is 21.9 Å². The molecule has 0 aliphatic carbocycles. The molecular formula is C13H17BrFNO2. The molecule has 0 heterocycles. The molecule has 1 atom stereocenters. The quantitative estimate of drug-likeness (QED) is 0.849. The SMILES string of the molecule is COC(=O)[C@H](NCc1cc(Br)ccc1F)C(C)C. The summed E-state index contributed by atoms with van der Waals surface area (Å²) in [6.45, 7) is 4.10. The Morgan fingerprint density at radius 2 is 2.17 bits per heavy atom. The first kappa shape index (κ1) is 15.1. The van der Waals surface area contributed by atoms with E-state index in [9.17, 15) is 9.18 Å². The summed E-state index contributed by atoms with van der Waals surface area (Å²) >= 11 is 3.29. The van der Waals surface area contributed by atoms with Gasteiger partial charge in [-0.2, -0.15) is 0 Å². The summed E-state index contributed by atoms with van der Waals surface area (Å²) in [7, 11) is 1.35. The standard InChI is InChI=1S/C13H17BrFNO2/c1-8(2)12(13(17)18-3)16-7-9-6-10(14)4-5-11(9)15/h4-6,8,12,16H,7H2,1-3H3/t12-/m1/s1. The minimum absolute atomic E-state index is 0.0765. The van der Waals surface area contributed by atoms with Crippen LogP contribution in [0, 0.1) is 11.7 Å². The molecule has 100 valence electrons. The molecule has 0 radical (unpaired) electrons. The van der Waals surface area contributed by atoms with Gasteiger partial charge >= 0.3 is 5.97 Å². The number of ether oxygens (including phenoxy) is 1. The Kier molecular flexibility index (Phi) is 5.75. The highest BCUT2D eigenvalue weighted by Gasteiger charge is 2.22. The molecule has 0 bridgehead atoms. The lowest BCUT2D eigenvalue weighted by molar-refractivity contribution is -0.144. The van der Waals surface area contributed by atoms with Gasteiger partial charge in [-0.15, -0.1) is 0 Å². The fraction of sp³-hybridized carbons (Fsp3) is 0.462. The van der Waals surface area contributed by atoms with Crippen LogP contribution in [0.4, 0.5) is 4.39 Å². The van der Waals surface area contributed by atoms with Crippen LogP contribution in [-0.4, -0.2) is 19.1 Å². The smallest absolute Gasteiger partial charge is 0.323 e. The summed E-state index contributed by atoms with van der Waals surface area (Å²) in [6, 6.07) is 4.29. The van der Waals surface area contributed by atoms with E-state index in [0.717, 1.165) is 4.47 Å². The molecule has 0 saturated heterocycles. The van der Waals surface area contributed by atoms with Crippen LogP contribution >= 0.6 is 15.9 Å². The van der Waals surface area contributed by atoms with Gasteiger partial charge in [0.05, 0.1) is 7.11 Å². The molecule has 1 aromatic rings. The predicted molar refractivity (Wildman–Crippen MR) is 71.6 cm³/mol. The zero-order valence-corrected chi connectivity index (χ0v) is 12.3. The summed E-state index contributed by atoms with van der Waals surface area (Å²) in [5, 5.41) is 3.02. The van der Waals surface area contributed by atoms with E-state index in [1.807, 2.05) is 13.8 Å². The number of esters is 1. The summed E-state index contributed by atoms with van der Waals surface area (Å²) in [5.74, 6) is -0.550. The zero-order chi connectivity index (χ0) is 13.7. The Hall–Kier alpha value is -0.940. The molecule has 0 amide bonds. The molecule has 0 unspecified atom stereocenters. The molecule has 0 spiro atoms. The lowest BCUT2D eigenvalue weighted by Gasteiger charge is -2.20. The second kappa shape index (κ2) is 6.85. The molecule has 5 heteroatoms. The number of carbonyl (C=O) groups is 1. The lowest BCUT2D eigenvalue weighted by Crippen LogP contribution is -2.41. The van der Waals surface area contributed by atoms with E-state index in [1.165, 1.54) is 13.2 Å². The summed E-state index contributed by atoms with van der Waals surface area (Å²) in [5.41, 5.74) is 0.513. The lowest BCUT2D eigenvalue weighted by atomic mass is 10.0. The van der Waals surface area contributed by atoms with Crippen LogP contribution in [0.25, 0.3) is 0 Å². The molecule has 0 fully saturated rings. The van der Waals surface area contributed by atoms with Crippen molar-refractivity contribution in [3.8, 4) is 0 Å². The van der Waals surface area contributed by atoms with Crippen LogP contribution in [0.15, 0.2) is 22.7 Å². The summed E-state index contributed by atoms with van der Waals surface area (Å²) < 4.78 is 19.0. The molecule has 0 aromatic heterocycles. The molecule has 0 saturated carbocycles. The number of methoxy groups -OCH3 is 1. The van der Waals surface area contributed by atoms with Crippen molar-refractivity contribution in [2.45, 2.75) is 26.4 Å². The average molecular weight is 318 g/mol. The highest BCUT2D eigenvalue weighted by Crippen LogP contribution is 2.16. The Balaban J connectivity index is 2.73. The fourth-order valence-electron chi connectivity index (χ4n) is 1.62. The van der Waals surface area contributed by atoms with Crippen molar-refractivity contribution in [1.82, 2.24) is 5.32 Å². The topological polar surface area (TPSA) is 38.3 Å². The normalized spacial score (nSPS) is 12.6. The van der Waals surface area contributed by atoms with Crippen molar-refractivity contribution in [2.75, 3.05) is 7.11 Å². The van der Waals surface area contributed by atoms with E-state index in [-0.39, 0.29) is 24.2 Å². The van der Waals surface area contributed by atoms with Gasteiger partial charge in [0.1, 0.15) is 11.9 Å². The highest BCUT2D eigenvalue weighted by atomic mass is 79.9. The van der Waals surface area contributed by atoms with E-state index in [1.54, 1.807) is 12.1 Å². The van der Waals surface area contributed by atoms with Gasteiger partial charge in [0.15, 0.2) is 0 Å². The Morgan fingerprint density at radius 3 is 2.72 bits per heavy atom. The van der Waals surface area contributed by atoms with Crippen molar-refractivity contribution in [3.05, 3.63) is 34.1 Å². The summed E-state index contributed by atoms with van der Waals surface area (Å²) in [6.07, 6.45) is 0. The zero-order valence-electron chi connectivity index (χ0n) is 10.7. The van der Waals surface area contributed by atoms with Gasteiger partial charge in [-0.3, -0.25) is 10.1 Å². The molecule has 18 heavy (non-hydrogen) atoms. The maximum absolute atomic E-state index is 13.5. The van der Waals surface area contributed by atoms with Crippen LogP contribution in [-0.2, 0) is 16.1 Å². The van der Waals surface area contributed by atoms with Crippen LogP contribution in [0.2, 0.25) is 0 Å². The van der Waals surface area contributed by atoms with Crippen LogP contribution < -0.4 is 5.32 Å². The number of halogens is 2. The first-order valence-corrected chi connectivity index (χ1v) is 6.50. The third-order valence-electron chi connectivity index (χ3n) is 2.64. The number of benzene rings is 1. The van der Waals surface area contributed by atoms with Crippen LogP contribution in [0.3, 0.4) is 0 Å². The maximum Gasteiger partial charge on any atom is 0.323 e. The van der Waals surface area contributed by atoms with Gasteiger partial charge < -0.3 is 4.74 Å². The van der Waals surface area contributed by atoms with Gasteiger partial charge in [-0.05, 0) is 24.1 Å². The number of carbonyl (C=O) groups excluding carboxylic acids is 1. The van der Waals surface area contributed by atoms with Crippen LogP contribution in [0.1, 0.15) is 19.4 Å². The van der Waals surface area contributed by atoms with Crippen molar-refractivity contribution in [2.24, 2.45) is 5.92 Å². The number of rotatable bonds is 5. The first-order chi connectivity index (χ1) is 8.45. The fourth-order valence-corrected chi connectivity index (χ4v) is 2.03. The van der Waals surface area contributed by atoms with Gasteiger partial charge in [0, 0.05) is 16.6 Å². The first-order valence-electron chi connectivity index (χ1n) is 5.70. The Labute approximate surface area is 115 Å². The van der Waals surface area contributed by atoms with Crippen molar-refractivity contribution in [1.29, 1.82) is 0 Å². The maximum atomic E-state index is 13.5. The van der Waals surface area contributed by atoms with Gasteiger partial charge in [0.2, 0.25) is 0 Å². The molecule has 1 N–H and O–H groups in total.